The second kappa shape index (κ2) is 7.79. The van der Waals surface area contributed by atoms with Crippen LogP contribution in [0, 0.1) is 5.92 Å². The topological polar surface area (TPSA) is 32.8 Å². The van der Waals surface area contributed by atoms with Crippen LogP contribution in [0.3, 0.4) is 0 Å². The highest BCUT2D eigenvalue weighted by Gasteiger charge is 2.41. The first-order valence-corrected chi connectivity index (χ1v) is 8.03. The molecule has 0 aromatic carbocycles. The molecule has 2 fully saturated rings. The Bertz CT molecular complexity index is 409. The molecule has 8 heteroatoms. The van der Waals surface area contributed by atoms with Crippen LogP contribution in [-0.4, -0.2) is 74.0 Å². The molecule has 0 saturated carbocycles. The molecule has 2 rings (SSSR count). The fourth-order valence-electron chi connectivity index (χ4n) is 3.47. The molecule has 2 aliphatic rings. The number of halogens is 4. The third-order valence-electron chi connectivity index (χ3n) is 4.67. The number of amides is 1. The molecule has 23 heavy (non-hydrogen) atoms. The van der Waals surface area contributed by atoms with E-state index >= 15 is 0 Å². The van der Waals surface area contributed by atoms with Crippen LogP contribution in [0.1, 0.15) is 25.7 Å². The normalized spacial score (nSPS) is 26.4. The van der Waals surface area contributed by atoms with Crippen molar-refractivity contribution in [1.82, 2.24) is 9.80 Å². The number of alkyl halides is 4. The maximum absolute atomic E-state index is 12.7. The van der Waals surface area contributed by atoms with Crippen molar-refractivity contribution in [1.29, 1.82) is 0 Å². The molecule has 0 radical (unpaired) electrons. The average molecular weight is 340 g/mol. The third-order valence-corrected chi connectivity index (χ3v) is 4.67. The van der Waals surface area contributed by atoms with Crippen LogP contribution >= 0.6 is 0 Å². The summed E-state index contributed by atoms with van der Waals surface area (Å²) in [5, 5.41) is 0. The molecule has 0 bridgehead atoms. The lowest BCUT2D eigenvalue weighted by atomic mass is 9.84. The first kappa shape index (κ1) is 18.4. The van der Waals surface area contributed by atoms with Crippen molar-refractivity contribution in [2.45, 2.75) is 44.1 Å². The lowest BCUT2D eigenvalue weighted by Crippen LogP contribution is -2.55. The van der Waals surface area contributed by atoms with Crippen LogP contribution in [-0.2, 0) is 9.53 Å². The van der Waals surface area contributed by atoms with Crippen molar-refractivity contribution >= 4 is 5.91 Å². The van der Waals surface area contributed by atoms with Gasteiger partial charge in [-0.25, -0.2) is 8.78 Å². The molecule has 0 N–H and O–H groups in total. The first-order valence-electron chi connectivity index (χ1n) is 8.03. The van der Waals surface area contributed by atoms with Crippen LogP contribution in [0.25, 0.3) is 0 Å². The average Bonchev–Trinajstić information content (AvgIpc) is 2.50. The molecule has 2 atom stereocenters. The Kier molecular flexibility index (Phi) is 6.25. The van der Waals surface area contributed by atoms with Gasteiger partial charge in [0.25, 0.3) is 0 Å². The van der Waals surface area contributed by atoms with Crippen LogP contribution < -0.4 is 0 Å². The predicted molar refractivity (Wildman–Crippen MR) is 76.7 cm³/mol. The highest BCUT2D eigenvalue weighted by atomic mass is 19.3. The van der Waals surface area contributed by atoms with Gasteiger partial charge in [0.2, 0.25) is 5.91 Å². The van der Waals surface area contributed by atoms with E-state index in [9.17, 15) is 22.4 Å². The van der Waals surface area contributed by atoms with Crippen molar-refractivity contribution in [3.8, 4) is 0 Å². The fourth-order valence-corrected chi connectivity index (χ4v) is 3.47. The van der Waals surface area contributed by atoms with Gasteiger partial charge in [0.1, 0.15) is 6.61 Å². The molecule has 0 unspecified atom stereocenters. The number of carbonyl (C=O) groups is 1. The maximum Gasteiger partial charge on any atom is 0.330 e. The van der Waals surface area contributed by atoms with Gasteiger partial charge in [0.05, 0.1) is 13.0 Å². The number of hydrogen-bond acceptors (Lipinski definition) is 3. The molecule has 2 aliphatic heterocycles. The second-order valence-corrected chi connectivity index (χ2v) is 6.47. The van der Waals surface area contributed by atoms with Crippen LogP contribution in [0.15, 0.2) is 0 Å². The summed E-state index contributed by atoms with van der Waals surface area (Å²) >= 11 is 0. The minimum Gasteiger partial charge on any atom is -0.374 e. The van der Waals surface area contributed by atoms with E-state index < -0.39 is 19.0 Å². The first-order chi connectivity index (χ1) is 10.8. The number of rotatable bonds is 6. The van der Waals surface area contributed by atoms with E-state index in [1.54, 1.807) is 0 Å². The summed E-state index contributed by atoms with van der Waals surface area (Å²) in [5.41, 5.74) is 0. The lowest BCUT2D eigenvalue weighted by molar-refractivity contribution is -0.167. The number of carbonyl (C=O) groups excluding carboxylic acids is 1. The highest BCUT2D eigenvalue weighted by Crippen LogP contribution is 2.30. The summed E-state index contributed by atoms with van der Waals surface area (Å²) in [6.45, 7) is 0.967. The second-order valence-electron chi connectivity index (χ2n) is 6.47. The Labute approximate surface area is 133 Å². The fraction of sp³-hybridized carbons (Fsp3) is 0.933. The van der Waals surface area contributed by atoms with E-state index in [1.807, 2.05) is 4.90 Å². The van der Waals surface area contributed by atoms with E-state index in [-0.39, 0.29) is 25.0 Å². The maximum atomic E-state index is 12.7. The summed E-state index contributed by atoms with van der Waals surface area (Å²) in [6.07, 6.45) is -0.850. The van der Waals surface area contributed by atoms with Crippen LogP contribution in [0.5, 0.6) is 0 Å². The van der Waals surface area contributed by atoms with E-state index in [4.69, 9.17) is 0 Å². The van der Waals surface area contributed by atoms with Gasteiger partial charge in [-0.1, -0.05) is 0 Å². The van der Waals surface area contributed by atoms with Crippen molar-refractivity contribution in [2.75, 3.05) is 39.9 Å². The summed E-state index contributed by atoms with van der Waals surface area (Å²) in [5.74, 6) is -3.84. The summed E-state index contributed by atoms with van der Waals surface area (Å²) in [4.78, 5) is 16.4. The number of ether oxygens (including phenoxy) is 1. The molecular weight excluding hydrogens is 316 g/mol. The number of nitrogens with zero attached hydrogens (tertiary/aromatic N) is 2. The molecule has 2 heterocycles. The van der Waals surface area contributed by atoms with E-state index in [2.05, 4.69) is 16.7 Å². The smallest absolute Gasteiger partial charge is 0.330 e. The number of likely N-dealkylation sites (tertiary alicyclic amines) is 2. The van der Waals surface area contributed by atoms with E-state index in [0.29, 0.717) is 12.5 Å². The molecule has 0 aromatic heterocycles. The van der Waals surface area contributed by atoms with Gasteiger partial charge >= 0.3 is 12.3 Å². The predicted octanol–water partition coefficient (Wildman–Crippen LogP) is 2.24. The zero-order chi connectivity index (χ0) is 17.0. The Hall–Kier alpha value is -0.890. The number of hydrogen-bond donors (Lipinski definition) is 0. The van der Waals surface area contributed by atoms with Crippen molar-refractivity contribution in [3.05, 3.63) is 0 Å². The Morgan fingerprint density at radius 2 is 2.04 bits per heavy atom. The highest BCUT2D eigenvalue weighted by molar-refractivity contribution is 5.76. The van der Waals surface area contributed by atoms with Gasteiger partial charge in [0.15, 0.2) is 0 Å². The van der Waals surface area contributed by atoms with Gasteiger partial charge in [-0.05, 0) is 38.8 Å². The zero-order valence-corrected chi connectivity index (χ0v) is 13.3. The summed E-state index contributed by atoms with van der Waals surface area (Å²) < 4.78 is 54.0. The largest absolute Gasteiger partial charge is 0.374 e. The molecule has 2 saturated heterocycles. The molecule has 1 amide bonds. The van der Waals surface area contributed by atoms with Crippen molar-refractivity contribution in [3.63, 3.8) is 0 Å². The van der Waals surface area contributed by atoms with Gasteiger partial charge in [0, 0.05) is 19.1 Å². The Morgan fingerprint density at radius 1 is 1.30 bits per heavy atom. The molecule has 0 aromatic rings. The van der Waals surface area contributed by atoms with Gasteiger partial charge in [-0.3, -0.25) is 4.79 Å². The van der Waals surface area contributed by atoms with Crippen molar-refractivity contribution in [2.24, 2.45) is 5.92 Å². The van der Waals surface area contributed by atoms with Crippen LogP contribution in [0.2, 0.25) is 0 Å². The van der Waals surface area contributed by atoms with E-state index in [0.717, 1.165) is 32.4 Å². The lowest BCUT2D eigenvalue weighted by Gasteiger charge is -2.46. The number of piperidine rings is 2. The summed E-state index contributed by atoms with van der Waals surface area (Å²) in [7, 11) is 2.06. The number of fused-ring (bicyclic) bond motifs is 1. The minimum atomic E-state index is -4.16. The minimum absolute atomic E-state index is 0.0433. The van der Waals surface area contributed by atoms with Crippen molar-refractivity contribution < 1.29 is 27.1 Å². The standard InChI is InChI=1S/C15H24F4N2O2/c1-20-7-4-12-11(9-20)3-2-6-21(12)13(22)5-8-23-10-15(18,19)14(16)17/h11-12,14H,2-10H2,1H3/t11-,12+/m0/s1. The van der Waals surface area contributed by atoms with Crippen LogP contribution in [0.4, 0.5) is 17.6 Å². The quantitative estimate of drug-likeness (QED) is 0.549. The third kappa shape index (κ3) is 4.79. The molecule has 0 spiro atoms. The zero-order valence-electron chi connectivity index (χ0n) is 13.3. The molecular formula is C15H24F4N2O2. The molecule has 134 valence electrons. The molecule has 0 aliphatic carbocycles. The molecule has 4 nitrogen and oxygen atoms in total. The van der Waals surface area contributed by atoms with E-state index in [1.165, 1.54) is 0 Å². The summed E-state index contributed by atoms with van der Waals surface area (Å²) in [6, 6.07) is 0.204. The SMILES string of the molecule is CN1CC[C@@H]2[C@@H](CCCN2C(=O)CCOCC(F)(F)C(F)F)C1. The monoisotopic (exact) mass is 340 g/mol. The van der Waals surface area contributed by atoms with Gasteiger partial charge < -0.3 is 14.5 Å². The van der Waals surface area contributed by atoms with Gasteiger partial charge in [-0.15, -0.1) is 0 Å². The van der Waals surface area contributed by atoms with Gasteiger partial charge in [-0.2, -0.15) is 8.78 Å². The Morgan fingerprint density at radius 3 is 2.74 bits per heavy atom. The Balaban J connectivity index is 1.77.